The van der Waals surface area contributed by atoms with Crippen LogP contribution < -0.4 is 0 Å². The summed E-state index contributed by atoms with van der Waals surface area (Å²) in [5.41, 5.74) is 0.592. The number of hydrogen-bond acceptors (Lipinski definition) is 4. The Morgan fingerprint density at radius 1 is 1.04 bits per heavy atom. The molecule has 4 saturated carbocycles. The van der Waals surface area contributed by atoms with E-state index in [1.807, 2.05) is 0 Å². The summed E-state index contributed by atoms with van der Waals surface area (Å²) in [4.78, 5) is 2.31. The fourth-order valence-corrected chi connectivity index (χ4v) is 6.89. The van der Waals surface area contributed by atoms with Gasteiger partial charge in [0, 0.05) is 26.2 Å². The van der Waals surface area contributed by atoms with Gasteiger partial charge in [-0.2, -0.15) is 0 Å². The van der Waals surface area contributed by atoms with Gasteiger partial charge in [-0.1, -0.05) is 0 Å². The van der Waals surface area contributed by atoms with Crippen LogP contribution in [0.25, 0.3) is 0 Å². The van der Waals surface area contributed by atoms with Crippen LogP contribution in [-0.4, -0.2) is 61.2 Å². The summed E-state index contributed by atoms with van der Waals surface area (Å²) in [7, 11) is 0. The summed E-state index contributed by atoms with van der Waals surface area (Å²) >= 11 is 0. The minimum Gasteiger partial charge on any atom is -0.389 e. The fraction of sp³-hybridized carbons (Fsp3) is 1.00. The van der Waals surface area contributed by atoms with E-state index in [0.29, 0.717) is 18.6 Å². The molecule has 4 nitrogen and oxygen atoms in total. The van der Waals surface area contributed by atoms with E-state index in [-0.39, 0.29) is 18.3 Å². The van der Waals surface area contributed by atoms with Crippen LogP contribution >= 0.6 is 0 Å². The highest BCUT2D eigenvalue weighted by atomic mass is 16.5. The van der Waals surface area contributed by atoms with E-state index in [1.165, 1.54) is 44.9 Å². The third kappa shape index (κ3) is 4.40. The molecular formula is C21H37NO3. The Hall–Kier alpha value is -0.160. The molecule has 25 heavy (non-hydrogen) atoms. The average molecular weight is 352 g/mol. The molecule has 144 valence electrons. The number of rotatable bonds is 7. The van der Waals surface area contributed by atoms with Crippen LogP contribution in [0.4, 0.5) is 0 Å². The largest absolute Gasteiger partial charge is 0.389 e. The second-order valence-electron chi connectivity index (χ2n) is 9.87. The van der Waals surface area contributed by atoms with Crippen molar-refractivity contribution in [1.29, 1.82) is 0 Å². The smallest absolute Gasteiger partial charge is 0.0900 e. The Balaban J connectivity index is 1.16. The Morgan fingerprint density at radius 3 is 2.16 bits per heavy atom. The van der Waals surface area contributed by atoms with Gasteiger partial charge in [-0.05, 0) is 82.0 Å². The minimum atomic E-state index is -0.381. The van der Waals surface area contributed by atoms with Gasteiger partial charge in [0.15, 0.2) is 0 Å². The molecule has 0 aromatic rings. The normalized spacial score (nSPS) is 45.0. The molecule has 4 aliphatic carbocycles. The highest BCUT2D eigenvalue weighted by molar-refractivity contribution is 5.01. The second-order valence-corrected chi connectivity index (χ2v) is 9.87. The number of ether oxygens (including phenoxy) is 2. The molecule has 5 rings (SSSR count). The van der Waals surface area contributed by atoms with Crippen molar-refractivity contribution in [3.8, 4) is 0 Å². The predicted molar refractivity (Wildman–Crippen MR) is 98.5 cm³/mol. The van der Waals surface area contributed by atoms with Crippen molar-refractivity contribution < 1.29 is 14.6 Å². The summed E-state index contributed by atoms with van der Waals surface area (Å²) in [6.45, 7) is 8.05. The van der Waals surface area contributed by atoms with Crippen molar-refractivity contribution in [3.63, 3.8) is 0 Å². The van der Waals surface area contributed by atoms with Crippen molar-refractivity contribution in [3.05, 3.63) is 0 Å². The van der Waals surface area contributed by atoms with E-state index >= 15 is 0 Å². The van der Waals surface area contributed by atoms with E-state index in [1.54, 1.807) is 0 Å². The van der Waals surface area contributed by atoms with Gasteiger partial charge in [0.05, 0.1) is 24.9 Å². The van der Waals surface area contributed by atoms with Gasteiger partial charge < -0.3 is 14.6 Å². The zero-order valence-electron chi connectivity index (χ0n) is 16.2. The van der Waals surface area contributed by atoms with Crippen molar-refractivity contribution in [1.82, 2.24) is 4.90 Å². The molecule has 1 N–H and O–H groups in total. The fourth-order valence-electron chi connectivity index (χ4n) is 6.89. The number of β-amino-alcohol motifs (C(OH)–C–C–N with tert-alkyl or cyclic N) is 1. The van der Waals surface area contributed by atoms with Crippen molar-refractivity contribution in [2.75, 3.05) is 32.8 Å². The van der Waals surface area contributed by atoms with Gasteiger partial charge >= 0.3 is 0 Å². The highest BCUT2D eigenvalue weighted by Gasteiger charge is 2.50. The van der Waals surface area contributed by atoms with Crippen LogP contribution in [0.2, 0.25) is 0 Å². The zero-order chi connectivity index (χ0) is 17.4. The summed E-state index contributed by atoms with van der Waals surface area (Å²) in [5, 5.41) is 10.3. The maximum atomic E-state index is 10.3. The lowest BCUT2D eigenvalue weighted by molar-refractivity contribution is -0.0882. The lowest BCUT2D eigenvalue weighted by atomic mass is 9.49. The van der Waals surface area contributed by atoms with Crippen LogP contribution in [0.3, 0.4) is 0 Å². The summed E-state index contributed by atoms with van der Waals surface area (Å²) in [6.07, 6.45) is 10.2. The van der Waals surface area contributed by atoms with E-state index < -0.39 is 0 Å². The molecule has 0 amide bonds. The molecular weight excluding hydrogens is 314 g/mol. The van der Waals surface area contributed by atoms with Crippen LogP contribution in [-0.2, 0) is 9.47 Å². The molecule has 4 bridgehead atoms. The maximum Gasteiger partial charge on any atom is 0.0900 e. The first-order chi connectivity index (χ1) is 12.0. The Bertz CT molecular complexity index is 409. The molecule has 0 aromatic heterocycles. The summed E-state index contributed by atoms with van der Waals surface area (Å²) < 4.78 is 11.7. The highest BCUT2D eigenvalue weighted by Crippen LogP contribution is 2.61. The molecule has 5 aliphatic rings. The molecule has 0 spiro atoms. The summed E-state index contributed by atoms with van der Waals surface area (Å²) in [6, 6.07) is 0. The zero-order valence-corrected chi connectivity index (χ0v) is 16.2. The Kier molecular flexibility index (Phi) is 5.43. The average Bonchev–Trinajstić information content (AvgIpc) is 2.49. The first-order valence-corrected chi connectivity index (χ1v) is 10.6. The molecule has 1 saturated heterocycles. The minimum absolute atomic E-state index is 0.257. The van der Waals surface area contributed by atoms with Gasteiger partial charge in [-0.3, -0.25) is 4.90 Å². The SMILES string of the molecule is C[C@@H]1CN(C[C@H](O)COCCC23CC4CC(CC(C4)C2)C3)C[C@@H](C)O1. The van der Waals surface area contributed by atoms with Gasteiger partial charge in [-0.15, -0.1) is 0 Å². The summed E-state index contributed by atoms with van der Waals surface area (Å²) in [5.74, 6) is 3.05. The number of aliphatic hydroxyl groups is 1. The van der Waals surface area contributed by atoms with E-state index in [9.17, 15) is 5.11 Å². The molecule has 1 aliphatic heterocycles. The molecule has 0 radical (unpaired) electrons. The molecule has 0 aromatic carbocycles. The standard InChI is InChI=1S/C21H37NO3/c1-15-11-22(12-16(2)25-15)13-20(23)14-24-4-3-21-8-17-5-18(9-21)7-19(6-17)10-21/h15-20,23H,3-14H2,1-2H3/t15-,16-,17?,18?,19?,20+,21?/m1/s1. The number of morpholine rings is 1. The number of hydrogen-bond donors (Lipinski definition) is 1. The number of nitrogens with zero attached hydrogens (tertiary/aromatic N) is 1. The third-order valence-corrected chi connectivity index (χ3v) is 7.22. The van der Waals surface area contributed by atoms with Crippen LogP contribution in [0.1, 0.15) is 58.8 Å². The van der Waals surface area contributed by atoms with Crippen LogP contribution in [0, 0.1) is 23.2 Å². The van der Waals surface area contributed by atoms with E-state index in [2.05, 4.69) is 18.7 Å². The lowest BCUT2D eigenvalue weighted by Gasteiger charge is -2.57. The van der Waals surface area contributed by atoms with Gasteiger partial charge in [0.1, 0.15) is 0 Å². The van der Waals surface area contributed by atoms with Gasteiger partial charge in [0.2, 0.25) is 0 Å². The quantitative estimate of drug-likeness (QED) is 0.716. The topological polar surface area (TPSA) is 41.9 Å². The molecule has 1 heterocycles. The Labute approximate surface area is 153 Å². The number of aliphatic hydroxyl groups excluding tert-OH is 1. The van der Waals surface area contributed by atoms with E-state index in [0.717, 1.165) is 37.5 Å². The van der Waals surface area contributed by atoms with Crippen molar-refractivity contribution >= 4 is 0 Å². The molecule has 5 fully saturated rings. The lowest BCUT2D eigenvalue weighted by Crippen LogP contribution is -2.48. The van der Waals surface area contributed by atoms with Crippen molar-refractivity contribution in [2.24, 2.45) is 23.2 Å². The first-order valence-electron chi connectivity index (χ1n) is 10.6. The van der Waals surface area contributed by atoms with Crippen molar-refractivity contribution in [2.45, 2.75) is 77.1 Å². The molecule has 4 heteroatoms. The van der Waals surface area contributed by atoms with Crippen LogP contribution in [0.5, 0.6) is 0 Å². The second kappa shape index (κ2) is 7.46. The third-order valence-electron chi connectivity index (χ3n) is 7.22. The first kappa shape index (κ1) is 18.2. The Morgan fingerprint density at radius 2 is 1.60 bits per heavy atom. The molecule has 3 atom stereocenters. The van der Waals surface area contributed by atoms with Gasteiger partial charge in [-0.25, -0.2) is 0 Å². The van der Waals surface area contributed by atoms with Gasteiger partial charge in [0.25, 0.3) is 0 Å². The predicted octanol–water partition coefficient (Wildman–Crippen LogP) is 3.08. The monoisotopic (exact) mass is 351 g/mol. The maximum absolute atomic E-state index is 10.3. The molecule has 0 unspecified atom stereocenters. The van der Waals surface area contributed by atoms with Crippen LogP contribution in [0.15, 0.2) is 0 Å². The van der Waals surface area contributed by atoms with E-state index in [4.69, 9.17) is 9.47 Å².